The highest BCUT2D eigenvalue weighted by Crippen LogP contribution is 2.21. The average Bonchev–Trinajstić information content (AvgIpc) is 2.71. The summed E-state index contributed by atoms with van der Waals surface area (Å²) in [5.74, 6) is 0.631. The maximum Gasteiger partial charge on any atom is 0.137 e. The van der Waals surface area contributed by atoms with Crippen molar-refractivity contribution in [3.05, 3.63) is 48.2 Å². The van der Waals surface area contributed by atoms with Gasteiger partial charge in [0.2, 0.25) is 0 Å². The molecule has 2 nitrogen and oxygen atoms in total. The molecule has 1 aromatic heterocycles. The number of aryl methyl sites for hydroxylation is 1. The monoisotopic (exact) mass is 371 g/mol. The number of alkyl halides is 1. The molecular formula is C24H34FNO. The zero-order valence-electron chi connectivity index (χ0n) is 16.9. The second-order valence-electron chi connectivity index (χ2n) is 7.29. The number of nitrogens with zero attached hydrogens (tertiary/aromatic N) is 1. The van der Waals surface area contributed by atoms with E-state index in [1.165, 1.54) is 37.7 Å². The van der Waals surface area contributed by atoms with Gasteiger partial charge in [0.1, 0.15) is 18.5 Å². The molecule has 1 atom stereocenters. The van der Waals surface area contributed by atoms with Gasteiger partial charge in [-0.05, 0) is 37.0 Å². The molecule has 3 heteroatoms. The van der Waals surface area contributed by atoms with E-state index in [9.17, 15) is 4.39 Å². The summed E-state index contributed by atoms with van der Waals surface area (Å²) < 4.78 is 19.5. The highest BCUT2D eigenvalue weighted by molar-refractivity contribution is 5.59. The highest BCUT2D eigenvalue weighted by atomic mass is 19.1. The molecular weight excluding hydrogens is 337 g/mol. The molecule has 0 saturated heterocycles. The van der Waals surface area contributed by atoms with Gasteiger partial charge in [0, 0.05) is 5.56 Å². The van der Waals surface area contributed by atoms with Crippen molar-refractivity contribution >= 4 is 0 Å². The normalized spacial score (nSPS) is 12.1. The summed E-state index contributed by atoms with van der Waals surface area (Å²) in [4.78, 5) is 4.47. The molecule has 2 rings (SSSR count). The average molecular weight is 372 g/mol. The number of aromatic nitrogens is 1. The number of hydrogen-bond donors (Lipinski definition) is 0. The predicted molar refractivity (Wildman–Crippen MR) is 112 cm³/mol. The van der Waals surface area contributed by atoms with Gasteiger partial charge >= 0.3 is 0 Å². The molecule has 0 fully saturated rings. The minimum atomic E-state index is -0.901. The summed E-state index contributed by atoms with van der Waals surface area (Å²) >= 11 is 0. The first kappa shape index (κ1) is 21.4. The maximum atomic E-state index is 13.9. The van der Waals surface area contributed by atoms with E-state index in [2.05, 4.69) is 43.1 Å². The van der Waals surface area contributed by atoms with E-state index < -0.39 is 6.17 Å². The van der Waals surface area contributed by atoms with E-state index >= 15 is 0 Å². The van der Waals surface area contributed by atoms with Crippen molar-refractivity contribution in [1.82, 2.24) is 4.98 Å². The number of benzene rings is 1. The quantitative estimate of drug-likeness (QED) is 0.348. The first-order valence-corrected chi connectivity index (χ1v) is 10.5. The second kappa shape index (κ2) is 12.5. The Kier molecular flexibility index (Phi) is 9.89. The molecule has 0 aliphatic rings. The molecule has 0 amide bonds. The molecule has 1 aromatic carbocycles. The molecule has 0 aliphatic carbocycles. The lowest BCUT2D eigenvalue weighted by Crippen LogP contribution is -2.12. The number of halogens is 1. The Morgan fingerprint density at radius 2 is 1.63 bits per heavy atom. The fourth-order valence-corrected chi connectivity index (χ4v) is 3.10. The molecule has 0 spiro atoms. The second-order valence-corrected chi connectivity index (χ2v) is 7.29. The van der Waals surface area contributed by atoms with Crippen LogP contribution in [-0.2, 0) is 6.42 Å². The number of unbranched alkanes of at least 4 members (excludes halogenated alkanes) is 5. The van der Waals surface area contributed by atoms with Crippen molar-refractivity contribution in [3.63, 3.8) is 0 Å². The SMILES string of the molecule is CCCCCCCC(F)COc1ccc(-c2ccc(CCCC)cc2)nc1. The van der Waals surface area contributed by atoms with Gasteiger partial charge in [-0.3, -0.25) is 4.98 Å². The summed E-state index contributed by atoms with van der Waals surface area (Å²) in [6.45, 7) is 4.51. The van der Waals surface area contributed by atoms with E-state index in [1.807, 2.05) is 12.1 Å². The van der Waals surface area contributed by atoms with Crippen LogP contribution in [0.2, 0.25) is 0 Å². The van der Waals surface area contributed by atoms with Gasteiger partial charge in [0.05, 0.1) is 11.9 Å². The zero-order chi connectivity index (χ0) is 19.3. The first-order valence-electron chi connectivity index (χ1n) is 10.5. The lowest BCUT2D eigenvalue weighted by atomic mass is 10.0. The van der Waals surface area contributed by atoms with E-state index in [1.54, 1.807) is 6.20 Å². The summed E-state index contributed by atoms with van der Waals surface area (Å²) in [6.07, 6.45) is 10.6. The van der Waals surface area contributed by atoms with Crippen LogP contribution in [0.15, 0.2) is 42.6 Å². The minimum absolute atomic E-state index is 0.112. The van der Waals surface area contributed by atoms with Gasteiger partial charge in [0.25, 0.3) is 0 Å². The van der Waals surface area contributed by atoms with Gasteiger partial charge in [-0.2, -0.15) is 0 Å². The van der Waals surface area contributed by atoms with Crippen molar-refractivity contribution < 1.29 is 9.13 Å². The molecule has 1 heterocycles. The van der Waals surface area contributed by atoms with Crippen LogP contribution in [0, 0.1) is 0 Å². The van der Waals surface area contributed by atoms with Crippen molar-refractivity contribution in [1.29, 1.82) is 0 Å². The summed E-state index contributed by atoms with van der Waals surface area (Å²) in [5.41, 5.74) is 3.37. The van der Waals surface area contributed by atoms with Crippen LogP contribution in [0.1, 0.15) is 70.8 Å². The number of ether oxygens (including phenoxy) is 1. The molecule has 0 saturated carbocycles. The van der Waals surface area contributed by atoms with Gasteiger partial charge < -0.3 is 4.74 Å². The molecule has 148 valence electrons. The van der Waals surface area contributed by atoms with Crippen LogP contribution in [0.25, 0.3) is 11.3 Å². The Hall–Kier alpha value is -1.90. The number of pyridine rings is 1. The molecule has 0 bridgehead atoms. The third kappa shape index (κ3) is 8.11. The summed E-state index contributed by atoms with van der Waals surface area (Å²) in [6, 6.07) is 12.4. The van der Waals surface area contributed by atoms with E-state index in [0.717, 1.165) is 30.5 Å². The molecule has 2 aromatic rings. The Labute approximate surface area is 164 Å². The van der Waals surface area contributed by atoms with Crippen molar-refractivity contribution in [3.8, 4) is 17.0 Å². The zero-order valence-corrected chi connectivity index (χ0v) is 16.9. The van der Waals surface area contributed by atoms with Gasteiger partial charge in [-0.25, -0.2) is 4.39 Å². The largest absolute Gasteiger partial charge is 0.489 e. The Bertz CT molecular complexity index is 624. The molecule has 0 N–H and O–H groups in total. The van der Waals surface area contributed by atoms with Gasteiger partial charge in [0.15, 0.2) is 0 Å². The third-order valence-electron chi connectivity index (χ3n) is 4.86. The van der Waals surface area contributed by atoms with Crippen molar-refractivity contribution in [2.24, 2.45) is 0 Å². The standard InChI is InChI=1S/C24H34FNO/c1-3-5-7-8-9-11-22(25)19-27-23-16-17-24(26-18-23)21-14-12-20(13-15-21)10-6-4-2/h12-18,22H,3-11,19H2,1-2H3. The van der Waals surface area contributed by atoms with Crippen LogP contribution >= 0.6 is 0 Å². The van der Waals surface area contributed by atoms with E-state index in [4.69, 9.17) is 4.74 Å². The highest BCUT2D eigenvalue weighted by Gasteiger charge is 2.08. The lowest BCUT2D eigenvalue weighted by molar-refractivity contribution is 0.183. The molecule has 0 aliphatic heterocycles. The lowest BCUT2D eigenvalue weighted by Gasteiger charge is -2.11. The van der Waals surface area contributed by atoms with Gasteiger partial charge in [-0.1, -0.05) is 76.6 Å². The molecule has 1 unspecified atom stereocenters. The third-order valence-corrected chi connectivity index (χ3v) is 4.86. The minimum Gasteiger partial charge on any atom is -0.489 e. The fourth-order valence-electron chi connectivity index (χ4n) is 3.10. The predicted octanol–water partition coefficient (Wildman–Crippen LogP) is 7.17. The van der Waals surface area contributed by atoms with E-state index in [-0.39, 0.29) is 6.61 Å². The Balaban J connectivity index is 1.76. The summed E-state index contributed by atoms with van der Waals surface area (Å²) in [5, 5.41) is 0. The Morgan fingerprint density at radius 3 is 2.30 bits per heavy atom. The molecule has 27 heavy (non-hydrogen) atoms. The number of hydrogen-bond acceptors (Lipinski definition) is 2. The van der Waals surface area contributed by atoms with Crippen LogP contribution in [-0.4, -0.2) is 17.8 Å². The molecule has 0 radical (unpaired) electrons. The smallest absolute Gasteiger partial charge is 0.137 e. The maximum absolute atomic E-state index is 13.9. The van der Waals surface area contributed by atoms with Crippen molar-refractivity contribution in [2.75, 3.05) is 6.61 Å². The Morgan fingerprint density at radius 1 is 0.889 bits per heavy atom. The van der Waals surface area contributed by atoms with Crippen LogP contribution < -0.4 is 4.74 Å². The number of rotatable bonds is 13. The summed E-state index contributed by atoms with van der Waals surface area (Å²) in [7, 11) is 0. The van der Waals surface area contributed by atoms with Crippen LogP contribution in [0.5, 0.6) is 5.75 Å². The van der Waals surface area contributed by atoms with E-state index in [0.29, 0.717) is 12.2 Å². The van der Waals surface area contributed by atoms with Crippen LogP contribution in [0.4, 0.5) is 4.39 Å². The topological polar surface area (TPSA) is 22.1 Å². The van der Waals surface area contributed by atoms with Crippen molar-refractivity contribution in [2.45, 2.75) is 77.8 Å². The first-order chi connectivity index (χ1) is 13.2. The van der Waals surface area contributed by atoms with Gasteiger partial charge in [-0.15, -0.1) is 0 Å². The fraction of sp³-hybridized carbons (Fsp3) is 0.542. The van der Waals surface area contributed by atoms with Crippen LogP contribution in [0.3, 0.4) is 0 Å².